The summed E-state index contributed by atoms with van der Waals surface area (Å²) in [5, 5.41) is 8.00. The molecule has 23 heavy (non-hydrogen) atoms. The van der Waals surface area contributed by atoms with Crippen LogP contribution in [0.5, 0.6) is 0 Å². The number of amides is 1. The van der Waals surface area contributed by atoms with Crippen molar-refractivity contribution in [1.82, 2.24) is 19.9 Å². The Morgan fingerprint density at radius 2 is 2.00 bits per heavy atom. The Kier molecular flexibility index (Phi) is 3.11. The first-order chi connectivity index (χ1) is 11.1. The minimum Gasteiger partial charge on any atom is -0.331 e. The maximum Gasteiger partial charge on any atom is 0.254 e. The number of hydrogen-bond donors (Lipinski definition) is 0. The van der Waals surface area contributed by atoms with E-state index in [0.717, 1.165) is 17.5 Å². The average Bonchev–Trinajstić information content (AvgIpc) is 2.89. The molecule has 0 spiro atoms. The number of hydrogen-bond acceptors (Lipinski definition) is 3. The van der Waals surface area contributed by atoms with Crippen molar-refractivity contribution in [3.63, 3.8) is 0 Å². The van der Waals surface area contributed by atoms with Gasteiger partial charge in [-0.05, 0) is 42.3 Å². The summed E-state index contributed by atoms with van der Waals surface area (Å²) >= 11 is 0. The Balaban J connectivity index is 1.61. The highest BCUT2D eigenvalue weighted by molar-refractivity contribution is 5.98. The number of benzene rings is 2. The lowest BCUT2D eigenvalue weighted by atomic mass is 9.93. The molecule has 1 aromatic heterocycles. The minimum absolute atomic E-state index is 0.0145. The van der Waals surface area contributed by atoms with Gasteiger partial charge in [-0.2, -0.15) is 0 Å². The summed E-state index contributed by atoms with van der Waals surface area (Å²) < 4.78 is 14.7. The molecule has 0 aliphatic carbocycles. The van der Waals surface area contributed by atoms with E-state index in [-0.39, 0.29) is 17.8 Å². The van der Waals surface area contributed by atoms with Gasteiger partial charge in [-0.1, -0.05) is 17.3 Å². The molecule has 1 amide bonds. The fraction of sp³-hybridized carbons (Fsp3) is 0.235. The second-order valence-electron chi connectivity index (χ2n) is 5.77. The van der Waals surface area contributed by atoms with Crippen LogP contribution in [0, 0.1) is 5.82 Å². The lowest BCUT2D eigenvalue weighted by Gasteiger charge is -2.41. The van der Waals surface area contributed by atoms with Crippen LogP contribution in [0.1, 0.15) is 28.4 Å². The van der Waals surface area contributed by atoms with Gasteiger partial charge in [0, 0.05) is 19.2 Å². The van der Waals surface area contributed by atoms with E-state index in [9.17, 15) is 9.18 Å². The fourth-order valence-corrected chi connectivity index (χ4v) is 3.00. The van der Waals surface area contributed by atoms with Gasteiger partial charge in [0.15, 0.2) is 0 Å². The third kappa shape index (κ3) is 2.27. The summed E-state index contributed by atoms with van der Waals surface area (Å²) in [6.45, 7) is 0.708. The normalized spacial score (nSPS) is 17.3. The van der Waals surface area contributed by atoms with E-state index in [1.54, 1.807) is 28.9 Å². The Bertz CT molecular complexity index is 887. The van der Waals surface area contributed by atoms with Gasteiger partial charge in [0.25, 0.3) is 5.91 Å². The fourth-order valence-electron chi connectivity index (χ4n) is 3.00. The van der Waals surface area contributed by atoms with Gasteiger partial charge in [-0.3, -0.25) is 4.79 Å². The van der Waals surface area contributed by atoms with Crippen molar-refractivity contribution in [2.45, 2.75) is 12.5 Å². The molecule has 1 atom stereocenters. The number of fused-ring (bicyclic) bond motifs is 1. The van der Waals surface area contributed by atoms with E-state index in [0.29, 0.717) is 17.6 Å². The van der Waals surface area contributed by atoms with Gasteiger partial charge in [0.1, 0.15) is 11.3 Å². The van der Waals surface area contributed by atoms with Crippen LogP contribution in [-0.2, 0) is 7.05 Å². The lowest BCUT2D eigenvalue weighted by Crippen LogP contribution is -2.45. The predicted molar refractivity (Wildman–Crippen MR) is 83.3 cm³/mol. The van der Waals surface area contributed by atoms with E-state index in [4.69, 9.17) is 0 Å². The number of halogens is 1. The maximum atomic E-state index is 13.0. The molecule has 0 saturated carbocycles. The van der Waals surface area contributed by atoms with Crippen LogP contribution < -0.4 is 0 Å². The van der Waals surface area contributed by atoms with Crippen molar-refractivity contribution < 1.29 is 9.18 Å². The van der Waals surface area contributed by atoms with E-state index in [1.165, 1.54) is 12.1 Å². The Morgan fingerprint density at radius 3 is 2.70 bits per heavy atom. The van der Waals surface area contributed by atoms with Crippen molar-refractivity contribution >= 4 is 16.9 Å². The molecule has 0 radical (unpaired) electrons. The average molecular weight is 310 g/mol. The zero-order valence-corrected chi connectivity index (χ0v) is 12.6. The van der Waals surface area contributed by atoms with Crippen molar-refractivity contribution in [3.8, 4) is 0 Å². The summed E-state index contributed by atoms with van der Waals surface area (Å²) in [4.78, 5) is 14.5. The van der Waals surface area contributed by atoms with Gasteiger partial charge in [0.2, 0.25) is 0 Å². The molecule has 1 aliphatic rings. The zero-order chi connectivity index (χ0) is 16.0. The van der Waals surface area contributed by atoms with Crippen LogP contribution in [0.2, 0.25) is 0 Å². The van der Waals surface area contributed by atoms with Gasteiger partial charge >= 0.3 is 0 Å². The highest BCUT2D eigenvalue weighted by atomic mass is 19.1. The van der Waals surface area contributed by atoms with E-state index < -0.39 is 0 Å². The van der Waals surface area contributed by atoms with Gasteiger partial charge in [0.05, 0.1) is 11.6 Å². The van der Waals surface area contributed by atoms with E-state index >= 15 is 0 Å². The first-order valence-corrected chi connectivity index (χ1v) is 7.49. The molecule has 2 heterocycles. The molecule has 116 valence electrons. The first kappa shape index (κ1) is 13.9. The SMILES string of the molecule is Cn1nnc2cc(C(=O)N3CCC3c3ccc(F)cc3)ccc21. The van der Waals surface area contributed by atoms with Crippen LogP contribution >= 0.6 is 0 Å². The molecule has 0 N–H and O–H groups in total. The van der Waals surface area contributed by atoms with Gasteiger partial charge in [-0.25, -0.2) is 9.07 Å². The highest BCUT2D eigenvalue weighted by Gasteiger charge is 2.33. The van der Waals surface area contributed by atoms with Crippen molar-refractivity contribution in [2.24, 2.45) is 7.05 Å². The molecule has 2 aromatic carbocycles. The molecule has 0 bridgehead atoms. The summed E-state index contributed by atoms with van der Waals surface area (Å²) in [6.07, 6.45) is 0.894. The summed E-state index contributed by atoms with van der Waals surface area (Å²) in [5.74, 6) is -0.294. The predicted octanol–water partition coefficient (Wildman–Crippen LogP) is 2.69. The van der Waals surface area contributed by atoms with Gasteiger partial charge in [-0.15, -0.1) is 5.10 Å². The van der Waals surface area contributed by atoms with Crippen LogP contribution in [0.4, 0.5) is 4.39 Å². The van der Waals surface area contributed by atoms with Crippen LogP contribution in [0.25, 0.3) is 11.0 Å². The number of likely N-dealkylation sites (tertiary alicyclic amines) is 1. The number of nitrogens with zero attached hydrogens (tertiary/aromatic N) is 4. The molecule has 1 saturated heterocycles. The second kappa shape index (κ2) is 5.15. The summed E-state index contributed by atoms with van der Waals surface area (Å²) in [5.41, 5.74) is 3.16. The molecular formula is C17H15FN4O. The lowest BCUT2D eigenvalue weighted by molar-refractivity contribution is 0.0460. The number of carbonyl (C=O) groups excluding carboxylic acids is 1. The Morgan fingerprint density at radius 1 is 1.22 bits per heavy atom. The molecule has 5 nitrogen and oxygen atoms in total. The maximum absolute atomic E-state index is 13.0. The molecule has 1 aliphatic heterocycles. The van der Waals surface area contributed by atoms with Crippen molar-refractivity contribution in [1.29, 1.82) is 0 Å². The second-order valence-corrected chi connectivity index (χ2v) is 5.77. The molecule has 3 aromatic rings. The topological polar surface area (TPSA) is 51.0 Å². The number of rotatable bonds is 2. The molecular weight excluding hydrogens is 295 g/mol. The zero-order valence-electron chi connectivity index (χ0n) is 12.6. The number of carbonyl (C=O) groups is 1. The molecule has 1 fully saturated rings. The number of aryl methyl sites for hydroxylation is 1. The van der Waals surface area contributed by atoms with E-state index in [1.807, 2.05) is 18.0 Å². The Labute approximate surface area is 132 Å². The van der Waals surface area contributed by atoms with E-state index in [2.05, 4.69) is 10.3 Å². The van der Waals surface area contributed by atoms with Crippen molar-refractivity contribution in [3.05, 3.63) is 59.4 Å². The highest BCUT2D eigenvalue weighted by Crippen LogP contribution is 2.34. The van der Waals surface area contributed by atoms with Crippen LogP contribution in [0.3, 0.4) is 0 Å². The van der Waals surface area contributed by atoms with Gasteiger partial charge < -0.3 is 4.90 Å². The first-order valence-electron chi connectivity index (χ1n) is 7.49. The van der Waals surface area contributed by atoms with Crippen molar-refractivity contribution in [2.75, 3.05) is 6.54 Å². The third-order valence-electron chi connectivity index (χ3n) is 4.39. The minimum atomic E-state index is -0.265. The number of aromatic nitrogens is 3. The summed E-state index contributed by atoms with van der Waals surface area (Å²) in [6, 6.07) is 11.8. The Hall–Kier alpha value is -2.76. The molecule has 4 rings (SSSR count). The molecule has 1 unspecified atom stereocenters. The largest absolute Gasteiger partial charge is 0.331 e. The molecule has 6 heteroatoms. The quantitative estimate of drug-likeness (QED) is 0.731. The summed E-state index contributed by atoms with van der Waals surface area (Å²) in [7, 11) is 1.82. The van der Waals surface area contributed by atoms with Crippen LogP contribution in [-0.4, -0.2) is 32.3 Å². The van der Waals surface area contributed by atoms with Crippen LogP contribution in [0.15, 0.2) is 42.5 Å². The monoisotopic (exact) mass is 310 g/mol. The smallest absolute Gasteiger partial charge is 0.254 e. The third-order valence-corrected chi connectivity index (χ3v) is 4.39. The standard InChI is InChI=1S/C17H15FN4O/c1-21-16-7-4-12(10-14(16)19-20-21)17(23)22-9-8-15(22)11-2-5-13(18)6-3-11/h2-7,10,15H,8-9H2,1H3.